The molecule has 0 saturated carbocycles. The lowest BCUT2D eigenvalue weighted by Crippen LogP contribution is -2.19. The summed E-state index contributed by atoms with van der Waals surface area (Å²) in [5, 5.41) is 8.97. The Morgan fingerprint density at radius 2 is 2.25 bits per heavy atom. The van der Waals surface area contributed by atoms with Crippen molar-refractivity contribution in [2.75, 3.05) is 0 Å². The zero-order valence-corrected chi connectivity index (χ0v) is 8.49. The van der Waals surface area contributed by atoms with Gasteiger partial charge in [0.05, 0.1) is 5.56 Å². The largest absolute Gasteiger partial charge is 0.288 e. The number of halogens is 1. The van der Waals surface area contributed by atoms with Crippen molar-refractivity contribution in [1.29, 1.82) is 0 Å². The highest BCUT2D eigenvalue weighted by Gasteiger charge is 2.13. The maximum atomic E-state index is 13.5. The molecule has 0 unspecified atom stereocenters. The number of rotatable bonds is 1. The lowest BCUT2D eigenvalue weighted by atomic mass is 10.1. The Morgan fingerprint density at radius 3 is 2.94 bits per heavy atom. The van der Waals surface area contributed by atoms with Crippen molar-refractivity contribution in [3.05, 3.63) is 41.3 Å². The SMILES string of the molecule is Cc1cc(C(=O)NO)c2cccc(F)c2n1. The second-order valence-corrected chi connectivity index (χ2v) is 3.39. The minimum absolute atomic E-state index is 0.126. The number of para-hydroxylation sites is 1. The first-order chi connectivity index (χ1) is 7.63. The van der Waals surface area contributed by atoms with Gasteiger partial charge in [-0.3, -0.25) is 10.0 Å². The van der Waals surface area contributed by atoms with E-state index in [0.29, 0.717) is 11.1 Å². The summed E-state index contributed by atoms with van der Waals surface area (Å²) in [6.07, 6.45) is 0. The Labute approximate surface area is 90.7 Å². The Morgan fingerprint density at radius 1 is 1.50 bits per heavy atom. The van der Waals surface area contributed by atoms with E-state index in [1.807, 2.05) is 0 Å². The number of carbonyl (C=O) groups excluding carboxylic acids is 1. The number of benzene rings is 1. The van der Waals surface area contributed by atoms with Gasteiger partial charge < -0.3 is 0 Å². The van der Waals surface area contributed by atoms with Crippen LogP contribution in [0.15, 0.2) is 24.3 Å². The van der Waals surface area contributed by atoms with Crippen LogP contribution in [0.4, 0.5) is 4.39 Å². The fourth-order valence-electron chi connectivity index (χ4n) is 1.59. The second-order valence-electron chi connectivity index (χ2n) is 3.39. The summed E-state index contributed by atoms with van der Waals surface area (Å²) in [5.74, 6) is -1.17. The van der Waals surface area contributed by atoms with Crippen molar-refractivity contribution < 1.29 is 14.4 Å². The van der Waals surface area contributed by atoms with Crippen LogP contribution in [0, 0.1) is 12.7 Å². The molecule has 1 heterocycles. The summed E-state index contributed by atoms with van der Waals surface area (Å²) in [4.78, 5) is 15.4. The Bertz CT molecular complexity index is 569. The van der Waals surface area contributed by atoms with Crippen LogP contribution in [0.5, 0.6) is 0 Å². The molecule has 4 nitrogen and oxygen atoms in total. The van der Waals surface area contributed by atoms with E-state index in [-0.39, 0.29) is 11.1 Å². The topological polar surface area (TPSA) is 62.2 Å². The zero-order valence-electron chi connectivity index (χ0n) is 8.49. The van der Waals surface area contributed by atoms with Crippen LogP contribution in [0.3, 0.4) is 0 Å². The summed E-state index contributed by atoms with van der Waals surface area (Å²) in [6, 6.07) is 5.83. The molecule has 0 atom stereocenters. The lowest BCUT2D eigenvalue weighted by molar-refractivity contribution is 0.0708. The van der Waals surface area contributed by atoms with Crippen LogP contribution in [-0.4, -0.2) is 16.1 Å². The van der Waals surface area contributed by atoms with Gasteiger partial charge in [0.25, 0.3) is 5.91 Å². The maximum Gasteiger partial charge on any atom is 0.275 e. The predicted octanol–water partition coefficient (Wildman–Crippen LogP) is 1.80. The van der Waals surface area contributed by atoms with E-state index in [0.717, 1.165) is 0 Å². The van der Waals surface area contributed by atoms with E-state index < -0.39 is 11.7 Å². The molecule has 5 heteroatoms. The lowest BCUT2D eigenvalue weighted by Gasteiger charge is -2.06. The molecule has 1 amide bonds. The van der Waals surface area contributed by atoms with Gasteiger partial charge in [-0.1, -0.05) is 12.1 Å². The molecule has 0 saturated heterocycles. The number of hydrogen-bond acceptors (Lipinski definition) is 3. The molecule has 0 spiro atoms. The first-order valence-electron chi connectivity index (χ1n) is 4.64. The standard InChI is InChI=1S/C11H9FN2O2/c1-6-5-8(11(15)14-16)7-3-2-4-9(12)10(7)13-6/h2-5,16H,1H3,(H,14,15). The molecule has 0 aliphatic rings. The van der Waals surface area contributed by atoms with Crippen LogP contribution >= 0.6 is 0 Å². The third kappa shape index (κ3) is 1.61. The first-order valence-corrected chi connectivity index (χ1v) is 4.64. The third-order valence-electron chi connectivity index (χ3n) is 2.26. The van der Waals surface area contributed by atoms with Crippen LogP contribution in [-0.2, 0) is 0 Å². The second kappa shape index (κ2) is 3.86. The number of amides is 1. The summed E-state index contributed by atoms with van der Waals surface area (Å²) in [5.41, 5.74) is 2.37. The molecule has 2 N–H and O–H groups in total. The quantitative estimate of drug-likeness (QED) is 0.569. The van der Waals surface area contributed by atoms with Gasteiger partial charge in [-0.2, -0.15) is 0 Å². The highest BCUT2D eigenvalue weighted by Crippen LogP contribution is 2.20. The van der Waals surface area contributed by atoms with Gasteiger partial charge >= 0.3 is 0 Å². The molecular formula is C11H9FN2O2. The molecule has 82 valence electrons. The van der Waals surface area contributed by atoms with Crippen LogP contribution in [0.25, 0.3) is 10.9 Å². The number of fused-ring (bicyclic) bond motifs is 1. The highest BCUT2D eigenvalue weighted by molar-refractivity contribution is 6.05. The van der Waals surface area contributed by atoms with E-state index in [9.17, 15) is 9.18 Å². The normalized spacial score (nSPS) is 10.4. The number of nitrogens with one attached hydrogen (secondary N) is 1. The van der Waals surface area contributed by atoms with E-state index in [1.54, 1.807) is 13.0 Å². The van der Waals surface area contributed by atoms with Gasteiger partial charge in [0.2, 0.25) is 0 Å². The summed E-state index contributed by atoms with van der Waals surface area (Å²) in [6.45, 7) is 1.65. The molecule has 0 fully saturated rings. The van der Waals surface area contributed by atoms with Crippen LogP contribution in [0.2, 0.25) is 0 Å². The highest BCUT2D eigenvalue weighted by atomic mass is 19.1. The molecule has 0 radical (unpaired) electrons. The molecule has 1 aromatic carbocycles. The van der Waals surface area contributed by atoms with Crippen LogP contribution in [0.1, 0.15) is 16.1 Å². The van der Waals surface area contributed by atoms with Gasteiger partial charge in [0, 0.05) is 11.1 Å². The van der Waals surface area contributed by atoms with Crippen molar-refractivity contribution in [3.63, 3.8) is 0 Å². The van der Waals surface area contributed by atoms with Crippen molar-refractivity contribution >= 4 is 16.8 Å². The van der Waals surface area contributed by atoms with E-state index >= 15 is 0 Å². The van der Waals surface area contributed by atoms with Gasteiger partial charge in [-0.25, -0.2) is 14.9 Å². The predicted molar refractivity (Wildman–Crippen MR) is 55.7 cm³/mol. The Balaban J connectivity index is 2.83. The van der Waals surface area contributed by atoms with Gasteiger partial charge in [0.15, 0.2) is 0 Å². The van der Waals surface area contributed by atoms with E-state index in [4.69, 9.17) is 5.21 Å². The Kier molecular flexibility index (Phi) is 2.54. The number of carbonyl (C=O) groups is 1. The number of aromatic nitrogens is 1. The monoisotopic (exact) mass is 220 g/mol. The average Bonchev–Trinajstić information content (AvgIpc) is 2.28. The Hall–Kier alpha value is -2.01. The number of pyridine rings is 1. The number of nitrogens with zero attached hydrogens (tertiary/aromatic N) is 1. The molecule has 0 aliphatic carbocycles. The average molecular weight is 220 g/mol. The van der Waals surface area contributed by atoms with Crippen molar-refractivity contribution in [2.45, 2.75) is 6.92 Å². The van der Waals surface area contributed by atoms with Crippen LogP contribution < -0.4 is 5.48 Å². The van der Waals surface area contributed by atoms with Gasteiger partial charge in [-0.05, 0) is 19.1 Å². The molecule has 1 aromatic heterocycles. The van der Waals surface area contributed by atoms with Gasteiger partial charge in [-0.15, -0.1) is 0 Å². The van der Waals surface area contributed by atoms with Crippen molar-refractivity contribution in [2.24, 2.45) is 0 Å². The number of hydroxylamine groups is 1. The summed E-state index contributed by atoms with van der Waals surface area (Å²) >= 11 is 0. The zero-order chi connectivity index (χ0) is 11.7. The number of hydrogen-bond donors (Lipinski definition) is 2. The summed E-state index contributed by atoms with van der Waals surface area (Å²) < 4.78 is 13.5. The summed E-state index contributed by atoms with van der Waals surface area (Å²) in [7, 11) is 0. The third-order valence-corrected chi connectivity index (χ3v) is 2.26. The maximum absolute atomic E-state index is 13.5. The molecule has 0 bridgehead atoms. The molecule has 0 aliphatic heterocycles. The minimum atomic E-state index is -0.680. The molecule has 2 aromatic rings. The fraction of sp³-hybridized carbons (Fsp3) is 0.0909. The first kappa shape index (κ1) is 10.5. The van der Waals surface area contributed by atoms with E-state index in [1.165, 1.54) is 23.7 Å². The van der Waals surface area contributed by atoms with Crippen molar-refractivity contribution in [1.82, 2.24) is 10.5 Å². The smallest absolute Gasteiger partial charge is 0.275 e. The molecular weight excluding hydrogens is 211 g/mol. The fourth-order valence-corrected chi connectivity index (χ4v) is 1.59. The minimum Gasteiger partial charge on any atom is -0.288 e. The van der Waals surface area contributed by atoms with Gasteiger partial charge in [0.1, 0.15) is 11.3 Å². The molecule has 16 heavy (non-hydrogen) atoms. The van der Waals surface area contributed by atoms with E-state index in [2.05, 4.69) is 4.98 Å². The molecule has 2 rings (SSSR count). The number of aryl methyl sites for hydroxylation is 1. The van der Waals surface area contributed by atoms with Crippen molar-refractivity contribution in [3.8, 4) is 0 Å².